The molecule has 3 rings (SSSR count). The molecule has 2 atom stereocenters. The smallest absolute Gasteiger partial charge is 0.321 e. The molecule has 0 spiro atoms. The summed E-state index contributed by atoms with van der Waals surface area (Å²) in [6.45, 7) is 1.94. The van der Waals surface area contributed by atoms with Crippen LogP contribution < -0.4 is 0 Å². The fourth-order valence-corrected chi connectivity index (χ4v) is 3.41. The van der Waals surface area contributed by atoms with Crippen LogP contribution >= 0.6 is 0 Å². The number of urea groups is 1. The number of rotatable bonds is 5. The minimum absolute atomic E-state index is 0.0603. The molecule has 0 saturated carbocycles. The summed E-state index contributed by atoms with van der Waals surface area (Å²) in [6, 6.07) is 19.7. The Morgan fingerprint density at radius 2 is 1.48 bits per heavy atom. The summed E-state index contributed by atoms with van der Waals surface area (Å²) in [5.74, 6) is -0.337. The molecule has 1 fully saturated rings. The molecular formula is C20H22N2O3. The molecule has 1 aliphatic heterocycles. The van der Waals surface area contributed by atoms with E-state index in [4.69, 9.17) is 4.74 Å². The molecule has 2 aromatic carbocycles. The van der Waals surface area contributed by atoms with Gasteiger partial charge in [0.25, 0.3) is 0 Å². The zero-order valence-corrected chi connectivity index (χ0v) is 14.5. The van der Waals surface area contributed by atoms with Gasteiger partial charge in [-0.15, -0.1) is 0 Å². The summed E-state index contributed by atoms with van der Waals surface area (Å²) in [5, 5.41) is 0. The third kappa shape index (κ3) is 3.50. The first-order valence-corrected chi connectivity index (χ1v) is 8.36. The maximum atomic E-state index is 12.9. The molecular weight excluding hydrogens is 316 g/mol. The van der Waals surface area contributed by atoms with Gasteiger partial charge in [0.05, 0.1) is 18.6 Å². The first-order valence-electron chi connectivity index (χ1n) is 8.36. The summed E-state index contributed by atoms with van der Waals surface area (Å²) in [7, 11) is 1.82. The lowest BCUT2D eigenvalue weighted by molar-refractivity contribution is -0.141. The van der Waals surface area contributed by atoms with Crippen molar-refractivity contribution in [1.29, 1.82) is 0 Å². The fourth-order valence-electron chi connectivity index (χ4n) is 3.41. The summed E-state index contributed by atoms with van der Waals surface area (Å²) in [6.07, 6.45) is 0. The van der Waals surface area contributed by atoms with E-state index in [0.717, 1.165) is 11.1 Å². The second-order valence-corrected chi connectivity index (χ2v) is 6.14. The van der Waals surface area contributed by atoms with Crippen LogP contribution in [0.3, 0.4) is 0 Å². The molecule has 0 aromatic heterocycles. The normalized spacial score (nSPS) is 20.0. The van der Waals surface area contributed by atoms with Crippen molar-refractivity contribution in [2.45, 2.75) is 19.0 Å². The van der Waals surface area contributed by atoms with Crippen LogP contribution in [0.2, 0.25) is 0 Å². The van der Waals surface area contributed by atoms with E-state index in [0.29, 0.717) is 6.54 Å². The van der Waals surface area contributed by atoms with Crippen LogP contribution in [-0.4, -0.2) is 42.0 Å². The number of nitrogens with zero attached hydrogens (tertiary/aromatic N) is 2. The molecule has 130 valence electrons. The number of ether oxygens (including phenoxy) is 1. The Hall–Kier alpha value is -2.82. The molecule has 2 aromatic rings. The van der Waals surface area contributed by atoms with Gasteiger partial charge in [0.1, 0.15) is 6.61 Å². The highest BCUT2D eigenvalue weighted by molar-refractivity contribution is 5.78. The molecule has 1 saturated heterocycles. The molecule has 0 unspecified atom stereocenters. The molecule has 1 heterocycles. The Morgan fingerprint density at radius 3 is 2.00 bits per heavy atom. The van der Waals surface area contributed by atoms with Crippen molar-refractivity contribution in [2.24, 2.45) is 0 Å². The monoisotopic (exact) mass is 338 g/mol. The first kappa shape index (κ1) is 17.0. The van der Waals surface area contributed by atoms with Crippen molar-refractivity contribution in [1.82, 2.24) is 9.80 Å². The Labute approximate surface area is 147 Å². The average Bonchev–Trinajstić information content (AvgIpc) is 2.88. The Kier molecular flexibility index (Phi) is 5.03. The number of amides is 2. The number of hydrogen-bond donors (Lipinski definition) is 0. The molecule has 1 aliphatic rings. The van der Waals surface area contributed by atoms with Crippen LogP contribution in [0.4, 0.5) is 4.79 Å². The van der Waals surface area contributed by atoms with Crippen molar-refractivity contribution in [2.75, 3.05) is 20.2 Å². The van der Waals surface area contributed by atoms with Crippen LogP contribution in [0.15, 0.2) is 60.7 Å². The number of carbonyl (C=O) groups is 2. The van der Waals surface area contributed by atoms with E-state index in [1.807, 2.05) is 67.7 Å². The van der Waals surface area contributed by atoms with Gasteiger partial charge in [0, 0.05) is 14.0 Å². The Bertz CT molecular complexity index is 733. The molecule has 0 radical (unpaired) electrons. The van der Waals surface area contributed by atoms with E-state index in [9.17, 15) is 9.59 Å². The van der Waals surface area contributed by atoms with E-state index >= 15 is 0 Å². The van der Waals surface area contributed by atoms with Gasteiger partial charge in [0.15, 0.2) is 0 Å². The zero-order chi connectivity index (χ0) is 17.8. The zero-order valence-electron chi connectivity index (χ0n) is 14.5. The summed E-state index contributed by atoms with van der Waals surface area (Å²) in [5.41, 5.74) is 2.15. The molecule has 25 heavy (non-hydrogen) atoms. The van der Waals surface area contributed by atoms with Gasteiger partial charge >= 0.3 is 12.0 Å². The minimum atomic E-state index is -0.337. The lowest BCUT2D eigenvalue weighted by Crippen LogP contribution is -2.33. The SMILES string of the molecule is CC(=O)OCCN1C(=O)N(C)[C@H](c2ccccc2)[C@H]1c1ccccc1. The highest BCUT2D eigenvalue weighted by Crippen LogP contribution is 2.43. The number of carbonyl (C=O) groups excluding carboxylic acids is 2. The largest absolute Gasteiger partial charge is 0.464 e. The second-order valence-electron chi connectivity index (χ2n) is 6.14. The average molecular weight is 338 g/mol. The highest BCUT2D eigenvalue weighted by Gasteiger charge is 2.45. The van der Waals surface area contributed by atoms with Gasteiger partial charge in [-0.2, -0.15) is 0 Å². The van der Waals surface area contributed by atoms with E-state index in [-0.39, 0.29) is 30.7 Å². The van der Waals surface area contributed by atoms with Crippen LogP contribution in [0.5, 0.6) is 0 Å². The number of hydrogen-bond acceptors (Lipinski definition) is 3. The predicted molar refractivity (Wildman–Crippen MR) is 94.9 cm³/mol. The van der Waals surface area contributed by atoms with Crippen molar-refractivity contribution in [3.63, 3.8) is 0 Å². The quantitative estimate of drug-likeness (QED) is 0.785. The van der Waals surface area contributed by atoms with Crippen LogP contribution in [0.25, 0.3) is 0 Å². The Balaban J connectivity index is 1.96. The van der Waals surface area contributed by atoms with Gasteiger partial charge in [-0.3, -0.25) is 4.79 Å². The van der Waals surface area contributed by atoms with E-state index < -0.39 is 0 Å². The van der Waals surface area contributed by atoms with Gasteiger partial charge < -0.3 is 14.5 Å². The summed E-state index contributed by atoms with van der Waals surface area (Å²) in [4.78, 5) is 27.5. The van der Waals surface area contributed by atoms with Crippen molar-refractivity contribution >= 4 is 12.0 Å². The van der Waals surface area contributed by atoms with Crippen LogP contribution in [-0.2, 0) is 9.53 Å². The third-order valence-electron chi connectivity index (χ3n) is 4.52. The highest BCUT2D eigenvalue weighted by atomic mass is 16.5. The van der Waals surface area contributed by atoms with Crippen LogP contribution in [0, 0.1) is 0 Å². The van der Waals surface area contributed by atoms with Crippen LogP contribution in [0.1, 0.15) is 30.1 Å². The third-order valence-corrected chi connectivity index (χ3v) is 4.52. The number of esters is 1. The summed E-state index contributed by atoms with van der Waals surface area (Å²) >= 11 is 0. The topological polar surface area (TPSA) is 49.9 Å². The van der Waals surface area contributed by atoms with Gasteiger partial charge in [-0.05, 0) is 11.1 Å². The van der Waals surface area contributed by atoms with E-state index in [1.165, 1.54) is 6.92 Å². The lowest BCUT2D eigenvalue weighted by atomic mass is 9.93. The standard InChI is InChI=1S/C20H22N2O3/c1-15(23)25-14-13-22-19(17-11-7-4-8-12-17)18(21(2)20(22)24)16-9-5-3-6-10-16/h3-12,18-19H,13-14H2,1-2H3/t18-,19-/m1/s1. The molecule has 0 N–H and O–H groups in total. The van der Waals surface area contributed by atoms with E-state index in [1.54, 1.807) is 9.80 Å². The summed E-state index contributed by atoms with van der Waals surface area (Å²) < 4.78 is 5.06. The Morgan fingerprint density at radius 1 is 0.960 bits per heavy atom. The predicted octanol–water partition coefficient (Wildman–Crippen LogP) is 3.40. The first-order chi connectivity index (χ1) is 12.1. The molecule has 0 aliphatic carbocycles. The lowest BCUT2D eigenvalue weighted by Gasteiger charge is -2.28. The molecule has 0 bridgehead atoms. The van der Waals surface area contributed by atoms with Crippen molar-refractivity contribution in [3.05, 3.63) is 71.8 Å². The van der Waals surface area contributed by atoms with E-state index in [2.05, 4.69) is 0 Å². The maximum absolute atomic E-state index is 12.9. The number of benzene rings is 2. The second kappa shape index (κ2) is 7.38. The van der Waals surface area contributed by atoms with Crippen molar-refractivity contribution in [3.8, 4) is 0 Å². The van der Waals surface area contributed by atoms with Crippen molar-refractivity contribution < 1.29 is 14.3 Å². The molecule has 2 amide bonds. The minimum Gasteiger partial charge on any atom is -0.464 e. The van der Waals surface area contributed by atoms with Gasteiger partial charge in [-0.25, -0.2) is 4.79 Å². The van der Waals surface area contributed by atoms with Gasteiger partial charge in [-0.1, -0.05) is 60.7 Å². The maximum Gasteiger partial charge on any atom is 0.321 e. The fraction of sp³-hybridized carbons (Fsp3) is 0.300. The van der Waals surface area contributed by atoms with Gasteiger partial charge in [0.2, 0.25) is 0 Å². The molecule has 5 nitrogen and oxygen atoms in total. The molecule has 5 heteroatoms. The number of likely N-dealkylation sites (N-methyl/N-ethyl adjacent to an activating group) is 1.